The molecule has 2 aromatic rings. The first-order valence-electron chi connectivity index (χ1n) is 7.40. The van der Waals surface area contributed by atoms with Crippen LogP contribution in [0, 0.1) is 5.92 Å². The first-order valence-corrected chi connectivity index (χ1v) is 7.78. The Morgan fingerprint density at radius 3 is 2.40 bits per heavy atom. The van der Waals surface area contributed by atoms with Crippen molar-refractivity contribution in [2.75, 3.05) is 0 Å². The molecule has 1 saturated carbocycles. The molecule has 0 spiro atoms. The monoisotopic (exact) mass is 280 g/mol. The molecule has 0 aliphatic heterocycles. The van der Waals surface area contributed by atoms with Crippen molar-refractivity contribution in [1.82, 2.24) is 0 Å². The SMILES string of the molecule is CCC1CC(=C2c3ccccc3-c3c(Cl)cccc32)C1. The highest BCUT2D eigenvalue weighted by atomic mass is 35.5. The minimum atomic E-state index is 0.872. The second-order valence-corrected chi connectivity index (χ2v) is 6.28. The molecule has 20 heavy (non-hydrogen) atoms. The van der Waals surface area contributed by atoms with Crippen molar-refractivity contribution in [3.8, 4) is 11.1 Å². The lowest BCUT2D eigenvalue weighted by Gasteiger charge is -2.30. The molecule has 0 nitrogen and oxygen atoms in total. The first kappa shape index (κ1) is 12.2. The van der Waals surface area contributed by atoms with Gasteiger partial charge in [0.05, 0.1) is 0 Å². The molecule has 100 valence electrons. The number of allylic oxidation sites excluding steroid dienone is 1. The summed E-state index contributed by atoms with van der Waals surface area (Å²) >= 11 is 6.46. The summed E-state index contributed by atoms with van der Waals surface area (Å²) in [4.78, 5) is 0. The third kappa shape index (κ3) is 1.61. The van der Waals surface area contributed by atoms with Gasteiger partial charge in [0.15, 0.2) is 0 Å². The number of benzene rings is 2. The van der Waals surface area contributed by atoms with E-state index >= 15 is 0 Å². The minimum absolute atomic E-state index is 0.872. The van der Waals surface area contributed by atoms with Crippen LogP contribution in [0.5, 0.6) is 0 Å². The molecule has 4 rings (SSSR count). The summed E-state index contributed by atoms with van der Waals surface area (Å²) in [7, 11) is 0. The average Bonchev–Trinajstić information content (AvgIpc) is 2.74. The predicted molar refractivity (Wildman–Crippen MR) is 85.9 cm³/mol. The predicted octanol–water partition coefficient (Wildman–Crippen LogP) is 5.94. The van der Waals surface area contributed by atoms with Gasteiger partial charge in [0.25, 0.3) is 0 Å². The summed E-state index contributed by atoms with van der Waals surface area (Å²) in [5, 5.41) is 0.872. The van der Waals surface area contributed by atoms with Gasteiger partial charge >= 0.3 is 0 Å². The number of hydrogen-bond donors (Lipinski definition) is 0. The lowest BCUT2D eigenvalue weighted by Crippen LogP contribution is -2.15. The molecule has 0 saturated heterocycles. The van der Waals surface area contributed by atoms with Gasteiger partial charge in [-0.05, 0) is 47.1 Å². The summed E-state index contributed by atoms with van der Waals surface area (Å²) in [6.45, 7) is 2.29. The zero-order chi connectivity index (χ0) is 13.7. The minimum Gasteiger partial charge on any atom is -0.0836 e. The Hall–Kier alpha value is -1.53. The van der Waals surface area contributed by atoms with Gasteiger partial charge in [-0.1, -0.05) is 66.9 Å². The van der Waals surface area contributed by atoms with E-state index in [1.807, 2.05) is 6.07 Å². The third-order valence-corrected chi connectivity index (χ3v) is 5.06. The standard InChI is InChI=1S/C19H17Cl/c1-2-12-10-13(11-12)18-14-6-3-4-7-15(14)19-16(18)8-5-9-17(19)20/h3-9,12H,2,10-11H2,1H3. The third-order valence-electron chi connectivity index (χ3n) is 4.75. The van der Waals surface area contributed by atoms with E-state index in [1.165, 1.54) is 47.1 Å². The summed E-state index contributed by atoms with van der Waals surface area (Å²) in [5.41, 5.74) is 8.32. The molecule has 0 aromatic heterocycles. The lowest BCUT2D eigenvalue weighted by molar-refractivity contribution is 0.407. The number of rotatable bonds is 1. The van der Waals surface area contributed by atoms with Crippen LogP contribution in [-0.4, -0.2) is 0 Å². The Morgan fingerprint density at radius 2 is 1.65 bits per heavy atom. The number of hydrogen-bond acceptors (Lipinski definition) is 0. The molecule has 2 aliphatic carbocycles. The topological polar surface area (TPSA) is 0 Å². The molecule has 0 radical (unpaired) electrons. The molecule has 0 atom stereocenters. The van der Waals surface area contributed by atoms with Crippen molar-refractivity contribution < 1.29 is 0 Å². The Morgan fingerprint density at radius 1 is 0.950 bits per heavy atom. The Labute approximate surface area is 125 Å². The van der Waals surface area contributed by atoms with Gasteiger partial charge in [-0.3, -0.25) is 0 Å². The van der Waals surface area contributed by atoms with E-state index in [1.54, 1.807) is 5.57 Å². The van der Waals surface area contributed by atoms with Crippen LogP contribution in [-0.2, 0) is 0 Å². The summed E-state index contributed by atoms with van der Waals surface area (Å²) in [6.07, 6.45) is 3.80. The smallest absolute Gasteiger partial charge is 0.0490 e. The molecule has 0 bridgehead atoms. The molecule has 2 aromatic carbocycles. The van der Waals surface area contributed by atoms with Crippen molar-refractivity contribution in [1.29, 1.82) is 0 Å². The van der Waals surface area contributed by atoms with E-state index in [2.05, 4.69) is 43.3 Å². The van der Waals surface area contributed by atoms with Crippen LogP contribution in [0.4, 0.5) is 0 Å². The average molecular weight is 281 g/mol. The Balaban J connectivity index is 1.96. The van der Waals surface area contributed by atoms with Crippen LogP contribution < -0.4 is 0 Å². The van der Waals surface area contributed by atoms with Crippen LogP contribution in [0.25, 0.3) is 16.7 Å². The summed E-state index contributed by atoms with van der Waals surface area (Å²) in [5.74, 6) is 0.882. The van der Waals surface area contributed by atoms with Crippen LogP contribution >= 0.6 is 11.6 Å². The fourth-order valence-electron chi connectivity index (χ4n) is 3.58. The van der Waals surface area contributed by atoms with Crippen LogP contribution in [0.1, 0.15) is 37.3 Å². The molecule has 1 fully saturated rings. The highest BCUT2D eigenvalue weighted by Crippen LogP contribution is 2.52. The van der Waals surface area contributed by atoms with Crippen molar-refractivity contribution in [3.05, 3.63) is 64.2 Å². The largest absolute Gasteiger partial charge is 0.0836 e. The molecule has 0 heterocycles. The van der Waals surface area contributed by atoms with Crippen LogP contribution in [0.2, 0.25) is 5.02 Å². The normalized spacial score (nSPS) is 19.6. The molecular formula is C19H17Cl. The van der Waals surface area contributed by atoms with Gasteiger partial charge in [-0.25, -0.2) is 0 Å². The number of halogens is 1. The zero-order valence-corrected chi connectivity index (χ0v) is 12.4. The maximum absolute atomic E-state index is 6.46. The second-order valence-electron chi connectivity index (χ2n) is 5.87. The van der Waals surface area contributed by atoms with E-state index in [0.717, 1.165) is 10.9 Å². The van der Waals surface area contributed by atoms with Gasteiger partial charge in [-0.2, -0.15) is 0 Å². The van der Waals surface area contributed by atoms with Gasteiger partial charge in [0, 0.05) is 10.6 Å². The lowest BCUT2D eigenvalue weighted by atomic mass is 9.74. The summed E-state index contributed by atoms with van der Waals surface area (Å²) < 4.78 is 0. The van der Waals surface area contributed by atoms with Crippen LogP contribution in [0.15, 0.2) is 48.0 Å². The van der Waals surface area contributed by atoms with Gasteiger partial charge in [0.1, 0.15) is 0 Å². The molecule has 0 N–H and O–H groups in total. The van der Waals surface area contributed by atoms with Gasteiger partial charge in [0.2, 0.25) is 0 Å². The summed E-state index contributed by atoms with van der Waals surface area (Å²) in [6, 6.07) is 15.0. The van der Waals surface area contributed by atoms with Crippen molar-refractivity contribution in [2.24, 2.45) is 5.92 Å². The maximum atomic E-state index is 6.46. The van der Waals surface area contributed by atoms with Gasteiger partial charge < -0.3 is 0 Å². The Kier molecular flexibility index (Phi) is 2.75. The molecular weight excluding hydrogens is 264 g/mol. The molecule has 0 unspecified atom stereocenters. The quantitative estimate of drug-likeness (QED) is 0.517. The van der Waals surface area contributed by atoms with E-state index in [9.17, 15) is 0 Å². The van der Waals surface area contributed by atoms with Gasteiger partial charge in [-0.15, -0.1) is 0 Å². The fourth-order valence-corrected chi connectivity index (χ4v) is 3.86. The second kappa shape index (κ2) is 4.49. The fraction of sp³-hybridized carbons (Fsp3) is 0.263. The highest BCUT2D eigenvalue weighted by molar-refractivity contribution is 6.34. The van der Waals surface area contributed by atoms with E-state index in [4.69, 9.17) is 11.6 Å². The van der Waals surface area contributed by atoms with Crippen molar-refractivity contribution in [3.63, 3.8) is 0 Å². The number of fused-ring (bicyclic) bond motifs is 3. The van der Waals surface area contributed by atoms with Crippen molar-refractivity contribution in [2.45, 2.75) is 26.2 Å². The molecule has 0 amide bonds. The van der Waals surface area contributed by atoms with E-state index in [0.29, 0.717) is 0 Å². The van der Waals surface area contributed by atoms with Crippen LogP contribution in [0.3, 0.4) is 0 Å². The zero-order valence-electron chi connectivity index (χ0n) is 11.6. The molecule has 2 aliphatic rings. The highest BCUT2D eigenvalue weighted by Gasteiger charge is 2.32. The maximum Gasteiger partial charge on any atom is 0.0490 e. The molecule has 1 heteroatoms. The van der Waals surface area contributed by atoms with E-state index in [-0.39, 0.29) is 0 Å². The Bertz CT molecular complexity index is 716. The first-order chi connectivity index (χ1) is 9.79. The van der Waals surface area contributed by atoms with E-state index < -0.39 is 0 Å². The van der Waals surface area contributed by atoms with Crippen molar-refractivity contribution >= 4 is 17.2 Å².